The van der Waals surface area contributed by atoms with Crippen molar-refractivity contribution < 1.29 is 3.79 Å². The van der Waals surface area contributed by atoms with Crippen molar-refractivity contribution >= 4 is 16.6 Å². The summed E-state index contributed by atoms with van der Waals surface area (Å²) in [5.74, 6) is 0.533. The molecule has 46 valence electrons. The van der Waals surface area contributed by atoms with Gasteiger partial charge in [0.2, 0.25) is 0 Å². The highest BCUT2D eigenvalue weighted by Gasteiger charge is 1.87. The summed E-state index contributed by atoms with van der Waals surface area (Å²) < 4.78 is 4.85. The van der Waals surface area contributed by atoms with E-state index in [1.165, 1.54) is 12.3 Å². The maximum Gasteiger partial charge on any atom is 0.497 e. The first-order chi connectivity index (χ1) is 4.33. The average molecular weight is 140 g/mol. The summed E-state index contributed by atoms with van der Waals surface area (Å²) in [5, 5.41) is 5.75. The van der Waals surface area contributed by atoms with Gasteiger partial charge in [-0.15, -0.1) is 0 Å². The van der Waals surface area contributed by atoms with Gasteiger partial charge < -0.3 is 3.79 Å². The lowest BCUT2D eigenvalue weighted by Crippen LogP contribution is -2.05. The molecule has 0 radical (unpaired) electrons. The third-order valence-corrected chi connectivity index (χ3v) is 1.35. The van der Waals surface area contributed by atoms with E-state index in [1.807, 2.05) is 0 Å². The molecule has 0 unspecified atom stereocenters. The normalized spacial score (nSPS) is 8.89. The van der Waals surface area contributed by atoms with Crippen molar-refractivity contribution in [2.24, 2.45) is 0 Å². The summed E-state index contributed by atoms with van der Waals surface area (Å²) in [5.41, 5.74) is -0.233. The number of aromatic amines is 1. The molecule has 1 aromatic heterocycles. The van der Waals surface area contributed by atoms with Crippen LogP contribution in [0.2, 0.25) is 0 Å². The van der Waals surface area contributed by atoms with Crippen molar-refractivity contribution in [2.75, 3.05) is 0 Å². The lowest BCUT2D eigenvalue weighted by molar-refractivity contribution is 0.606. The van der Waals surface area contributed by atoms with Crippen LogP contribution in [0.1, 0.15) is 0 Å². The summed E-state index contributed by atoms with van der Waals surface area (Å²) >= 11 is 0.582. The quantitative estimate of drug-likeness (QED) is 0.493. The standard InChI is InChI=1S/C4H4N2O2.Al.2H/c7-3-1-4(8)6-5-2-3;;;/h1-2H,(H2,6,7,8);;;/q;+1;;/p-1. The molecule has 0 aliphatic carbocycles. The Morgan fingerprint density at radius 3 is 3.00 bits per heavy atom. The van der Waals surface area contributed by atoms with Gasteiger partial charge in [-0.25, -0.2) is 5.10 Å². The number of H-pyrrole nitrogens is 1. The Balaban J connectivity index is 3.08. The highest BCUT2D eigenvalue weighted by Crippen LogP contribution is 1.98. The molecule has 4 nitrogen and oxygen atoms in total. The van der Waals surface area contributed by atoms with Gasteiger partial charge in [0.1, 0.15) is 5.75 Å². The Morgan fingerprint density at radius 2 is 2.56 bits per heavy atom. The lowest BCUT2D eigenvalue weighted by Gasteiger charge is -1.95. The number of hydrogen-bond acceptors (Lipinski definition) is 3. The van der Waals surface area contributed by atoms with E-state index in [0.717, 1.165) is 0 Å². The molecule has 1 rings (SSSR count). The minimum absolute atomic E-state index is 0.233. The number of hydrogen-bond donors (Lipinski definition) is 1. The largest absolute Gasteiger partial charge is 0.646 e. The predicted molar refractivity (Wildman–Crippen MR) is 34.0 cm³/mol. The molecule has 0 aliphatic rings. The van der Waals surface area contributed by atoms with Crippen LogP contribution >= 0.6 is 0 Å². The molecule has 0 fully saturated rings. The smallest absolute Gasteiger partial charge is 0.497 e. The fraction of sp³-hybridized carbons (Fsp3) is 0. The molecule has 0 aliphatic heterocycles. The van der Waals surface area contributed by atoms with Gasteiger partial charge in [0.25, 0.3) is 5.56 Å². The Kier molecular flexibility index (Phi) is 1.88. The van der Waals surface area contributed by atoms with Crippen molar-refractivity contribution in [2.45, 2.75) is 0 Å². The van der Waals surface area contributed by atoms with Gasteiger partial charge in [-0.2, -0.15) is 5.10 Å². The summed E-state index contributed by atoms with van der Waals surface area (Å²) in [6.45, 7) is 0. The summed E-state index contributed by atoms with van der Waals surface area (Å²) in [6.07, 6.45) is 1.47. The van der Waals surface area contributed by atoms with Crippen LogP contribution in [0.15, 0.2) is 17.1 Å². The molecule has 0 aromatic carbocycles. The highest BCUT2D eigenvalue weighted by atomic mass is 27.1. The van der Waals surface area contributed by atoms with E-state index in [4.69, 9.17) is 3.79 Å². The van der Waals surface area contributed by atoms with E-state index >= 15 is 0 Å². The molecule has 0 saturated heterocycles. The van der Waals surface area contributed by atoms with Crippen molar-refractivity contribution in [3.63, 3.8) is 0 Å². The molecule has 0 amide bonds. The first kappa shape index (κ1) is 6.33. The average Bonchev–Trinajstić information content (AvgIpc) is 1.88. The van der Waals surface area contributed by atoms with Gasteiger partial charge in [-0.05, 0) is 0 Å². The fourth-order valence-electron chi connectivity index (χ4n) is 0.470. The van der Waals surface area contributed by atoms with Crippen LogP contribution in [-0.4, -0.2) is 26.8 Å². The minimum atomic E-state index is -0.233. The molecule has 5 heteroatoms. The second kappa shape index (κ2) is 2.67. The summed E-state index contributed by atoms with van der Waals surface area (Å²) in [4.78, 5) is 10.5. The van der Waals surface area contributed by atoms with E-state index in [-0.39, 0.29) is 5.56 Å². The maximum atomic E-state index is 10.5. The SMILES string of the molecule is O=c1cc([O][AlH2])cn[nH]1. The summed E-state index contributed by atoms with van der Waals surface area (Å²) in [7, 11) is 0. The van der Waals surface area contributed by atoms with Crippen LogP contribution in [-0.2, 0) is 0 Å². The zero-order valence-corrected chi connectivity index (χ0v) is 6.92. The Morgan fingerprint density at radius 1 is 1.78 bits per heavy atom. The Hall–Kier alpha value is -0.788. The maximum absolute atomic E-state index is 10.5. The second-order valence-electron chi connectivity index (χ2n) is 1.49. The monoisotopic (exact) mass is 140 g/mol. The van der Waals surface area contributed by atoms with Crippen LogP contribution < -0.4 is 9.35 Å². The first-order valence-electron chi connectivity index (χ1n) is 2.41. The van der Waals surface area contributed by atoms with E-state index in [0.29, 0.717) is 22.4 Å². The van der Waals surface area contributed by atoms with Crippen molar-refractivity contribution in [1.82, 2.24) is 10.2 Å². The molecule has 1 aromatic rings. The van der Waals surface area contributed by atoms with Crippen molar-refractivity contribution in [3.8, 4) is 5.75 Å². The molecular formula is C4H5AlN2O2. The molecule has 1 N–H and O–H groups in total. The molecule has 0 bridgehead atoms. The Labute approximate surface area is 59.6 Å². The van der Waals surface area contributed by atoms with Crippen LogP contribution in [0, 0.1) is 0 Å². The third kappa shape index (κ3) is 1.56. The number of aromatic nitrogens is 2. The topological polar surface area (TPSA) is 55.0 Å². The molecule has 9 heavy (non-hydrogen) atoms. The number of rotatable bonds is 1. The zero-order chi connectivity index (χ0) is 6.69. The van der Waals surface area contributed by atoms with Gasteiger partial charge in [0.15, 0.2) is 0 Å². The second-order valence-corrected chi connectivity index (χ2v) is 1.89. The van der Waals surface area contributed by atoms with E-state index in [9.17, 15) is 4.79 Å². The van der Waals surface area contributed by atoms with Gasteiger partial charge in [-0.1, -0.05) is 0 Å². The lowest BCUT2D eigenvalue weighted by atomic mass is 10.5. The first-order valence-corrected chi connectivity index (χ1v) is 3.23. The van der Waals surface area contributed by atoms with Crippen molar-refractivity contribution in [3.05, 3.63) is 22.6 Å². The Bertz CT molecular complexity index is 246. The summed E-state index contributed by atoms with van der Waals surface area (Å²) in [6, 6.07) is 1.36. The number of nitrogens with one attached hydrogen (secondary N) is 1. The van der Waals surface area contributed by atoms with Gasteiger partial charge in [-0.3, -0.25) is 4.79 Å². The molecule has 0 spiro atoms. The van der Waals surface area contributed by atoms with Crippen LogP contribution in [0.4, 0.5) is 0 Å². The third-order valence-electron chi connectivity index (χ3n) is 0.876. The highest BCUT2D eigenvalue weighted by molar-refractivity contribution is 5.99. The van der Waals surface area contributed by atoms with E-state index < -0.39 is 0 Å². The predicted octanol–water partition coefficient (Wildman–Crippen LogP) is -1.30. The van der Waals surface area contributed by atoms with Gasteiger partial charge in [0, 0.05) is 6.07 Å². The van der Waals surface area contributed by atoms with Crippen LogP contribution in [0.25, 0.3) is 0 Å². The fourth-order valence-corrected chi connectivity index (χ4v) is 0.693. The van der Waals surface area contributed by atoms with E-state index in [2.05, 4.69) is 10.2 Å². The molecule has 0 atom stereocenters. The minimum Gasteiger partial charge on any atom is -0.646 e. The van der Waals surface area contributed by atoms with Crippen LogP contribution in [0.3, 0.4) is 0 Å². The van der Waals surface area contributed by atoms with E-state index in [1.54, 1.807) is 0 Å². The van der Waals surface area contributed by atoms with Crippen LogP contribution in [0.5, 0.6) is 5.75 Å². The molecular weight excluding hydrogens is 135 g/mol. The number of nitrogens with zero attached hydrogens (tertiary/aromatic N) is 1. The van der Waals surface area contributed by atoms with Crippen molar-refractivity contribution in [1.29, 1.82) is 0 Å². The molecule has 0 saturated carbocycles. The zero-order valence-electron chi connectivity index (χ0n) is 4.92. The van der Waals surface area contributed by atoms with Gasteiger partial charge in [0.05, 0.1) is 6.20 Å². The molecule has 1 heterocycles. The van der Waals surface area contributed by atoms with Gasteiger partial charge >= 0.3 is 16.6 Å².